The van der Waals surface area contributed by atoms with E-state index in [1.54, 1.807) is 18.5 Å². The molecule has 2 aromatic heterocycles. The molecule has 0 aromatic carbocycles. The van der Waals surface area contributed by atoms with Gasteiger partial charge in [0, 0.05) is 6.20 Å². The first-order chi connectivity index (χ1) is 5.47. The number of aromatic nitrogens is 5. The Morgan fingerprint density at radius 2 is 2.27 bits per heavy atom. The van der Waals surface area contributed by atoms with Crippen molar-refractivity contribution >= 4 is 0 Å². The Bertz CT molecular complexity index is 314. The molecule has 0 atom stereocenters. The van der Waals surface area contributed by atoms with Crippen LogP contribution in [0.1, 0.15) is 0 Å². The standard InChI is InChI=1S/C6H5N5/c1-2-7-4-8-5(1)6-3-9-11-10-6/h1-4H,(H,9,10,11). The SMILES string of the molecule is c1cc(-c2cn[nH]n2)ncn1. The van der Waals surface area contributed by atoms with Gasteiger partial charge < -0.3 is 0 Å². The van der Waals surface area contributed by atoms with Gasteiger partial charge in [-0.3, -0.25) is 0 Å². The molecular formula is C6H5N5. The molecule has 0 amide bonds. The van der Waals surface area contributed by atoms with Gasteiger partial charge in [-0.2, -0.15) is 15.4 Å². The molecule has 0 radical (unpaired) electrons. The van der Waals surface area contributed by atoms with Gasteiger partial charge in [0.25, 0.3) is 0 Å². The fourth-order valence-electron chi connectivity index (χ4n) is 0.767. The molecule has 0 aliphatic rings. The molecule has 2 heterocycles. The summed E-state index contributed by atoms with van der Waals surface area (Å²) in [5, 5.41) is 10.0. The van der Waals surface area contributed by atoms with Crippen molar-refractivity contribution in [2.75, 3.05) is 0 Å². The molecular weight excluding hydrogens is 142 g/mol. The lowest BCUT2D eigenvalue weighted by Gasteiger charge is -1.89. The summed E-state index contributed by atoms with van der Waals surface area (Å²) >= 11 is 0. The van der Waals surface area contributed by atoms with Crippen molar-refractivity contribution < 1.29 is 0 Å². The van der Waals surface area contributed by atoms with Crippen LogP contribution < -0.4 is 0 Å². The van der Waals surface area contributed by atoms with Crippen molar-refractivity contribution in [3.8, 4) is 11.4 Å². The lowest BCUT2D eigenvalue weighted by molar-refractivity contribution is 0.940. The van der Waals surface area contributed by atoms with Crippen LogP contribution in [0.15, 0.2) is 24.8 Å². The highest BCUT2D eigenvalue weighted by atomic mass is 15.3. The van der Waals surface area contributed by atoms with Crippen molar-refractivity contribution in [1.82, 2.24) is 25.4 Å². The molecule has 0 saturated carbocycles. The fourth-order valence-corrected chi connectivity index (χ4v) is 0.767. The zero-order valence-corrected chi connectivity index (χ0v) is 5.60. The molecule has 0 aliphatic heterocycles. The molecule has 0 aliphatic carbocycles. The van der Waals surface area contributed by atoms with E-state index in [4.69, 9.17) is 0 Å². The summed E-state index contributed by atoms with van der Waals surface area (Å²) in [5.74, 6) is 0. The topological polar surface area (TPSA) is 67.3 Å². The van der Waals surface area contributed by atoms with E-state index in [9.17, 15) is 0 Å². The summed E-state index contributed by atoms with van der Waals surface area (Å²) in [4.78, 5) is 7.77. The quantitative estimate of drug-likeness (QED) is 0.628. The Hall–Kier alpha value is -1.78. The maximum absolute atomic E-state index is 3.99. The number of aromatic amines is 1. The van der Waals surface area contributed by atoms with Crippen LogP contribution in [0.25, 0.3) is 11.4 Å². The Morgan fingerprint density at radius 3 is 2.91 bits per heavy atom. The minimum absolute atomic E-state index is 0.729. The summed E-state index contributed by atoms with van der Waals surface area (Å²) in [6.07, 6.45) is 4.75. The number of rotatable bonds is 1. The molecule has 5 nitrogen and oxygen atoms in total. The number of hydrogen-bond acceptors (Lipinski definition) is 4. The predicted octanol–water partition coefficient (Wildman–Crippen LogP) is 0.262. The molecule has 0 spiro atoms. The Labute approximate surface area is 62.5 Å². The normalized spacial score (nSPS) is 9.82. The maximum Gasteiger partial charge on any atom is 0.131 e. The van der Waals surface area contributed by atoms with Crippen LogP contribution in [0.5, 0.6) is 0 Å². The molecule has 5 heteroatoms. The van der Waals surface area contributed by atoms with E-state index >= 15 is 0 Å². The summed E-state index contributed by atoms with van der Waals surface area (Å²) in [6, 6.07) is 1.78. The second kappa shape index (κ2) is 2.45. The molecule has 1 N–H and O–H groups in total. The van der Waals surface area contributed by atoms with Gasteiger partial charge in [0.15, 0.2) is 0 Å². The first kappa shape index (κ1) is 5.96. The van der Waals surface area contributed by atoms with Crippen LogP contribution in [-0.4, -0.2) is 25.4 Å². The molecule has 0 unspecified atom stereocenters. The minimum atomic E-state index is 0.729. The van der Waals surface area contributed by atoms with E-state index in [2.05, 4.69) is 25.4 Å². The van der Waals surface area contributed by atoms with Gasteiger partial charge in [-0.15, -0.1) is 0 Å². The molecule has 11 heavy (non-hydrogen) atoms. The van der Waals surface area contributed by atoms with Crippen LogP contribution in [0.2, 0.25) is 0 Å². The number of nitrogens with zero attached hydrogens (tertiary/aromatic N) is 4. The van der Waals surface area contributed by atoms with Crippen molar-refractivity contribution in [2.24, 2.45) is 0 Å². The fraction of sp³-hybridized carbons (Fsp3) is 0. The summed E-state index contributed by atoms with van der Waals surface area (Å²) in [5.41, 5.74) is 1.50. The summed E-state index contributed by atoms with van der Waals surface area (Å²) < 4.78 is 0. The third kappa shape index (κ3) is 1.07. The largest absolute Gasteiger partial charge is 0.245 e. The van der Waals surface area contributed by atoms with Crippen LogP contribution in [0.3, 0.4) is 0 Å². The van der Waals surface area contributed by atoms with Gasteiger partial charge in [0.2, 0.25) is 0 Å². The number of nitrogens with one attached hydrogen (secondary N) is 1. The van der Waals surface area contributed by atoms with E-state index in [0.29, 0.717) is 0 Å². The monoisotopic (exact) mass is 147 g/mol. The molecule has 0 fully saturated rings. The highest BCUT2D eigenvalue weighted by molar-refractivity contribution is 5.50. The van der Waals surface area contributed by atoms with E-state index in [-0.39, 0.29) is 0 Å². The second-order valence-electron chi connectivity index (χ2n) is 1.95. The van der Waals surface area contributed by atoms with Crippen LogP contribution >= 0.6 is 0 Å². The molecule has 2 rings (SSSR count). The second-order valence-corrected chi connectivity index (χ2v) is 1.95. The zero-order valence-electron chi connectivity index (χ0n) is 5.60. The van der Waals surface area contributed by atoms with Gasteiger partial charge >= 0.3 is 0 Å². The molecule has 2 aromatic rings. The Kier molecular flexibility index (Phi) is 1.33. The third-order valence-electron chi connectivity index (χ3n) is 1.26. The minimum Gasteiger partial charge on any atom is -0.245 e. The van der Waals surface area contributed by atoms with Crippen molar-refractivity contribution in [3.05, 3.63) is 24.8 Å². The van der Waals surface area contributed by atoms with E-state index in [0.717, 1.165) is 11.4 Å². The number of H-pyrrole nitrogens is 1. The van der Waals surface area contributed by atoms with Gasteiger partial charge in [-0.25, -0.2) is 9.97 Å². The first-order valence-electron chi connectivity index (χ1n) is 3.09. The molecule has 54 valence electrons. The van der Waals surface area contributed by atoms with Gasteiger partial charge in [-0.05, 0) is 6.07 Å². The van der Waals surface area contributed by atoms with Crippen molar-refractivity contribution in [3.63, 3.8) is 0 Å². The van der Waals surface area contributed by atoms with Crippen LogP contribution in [-0.2, 0) is 0 Å². The van der Waals surface area contributed by atoms with Crippen LogP contribution in [0.4, 0.5) is 0 Å². The summed E-state index contributed by atoms with van der Waals surface area (Å²) in [6.45, 7) is 0. The Balaban J connectivity index is 2.46. The third-order valence-corrected chi connectivity index (χ3v) is 1.26. The average molecular weight is 147 g/mol. The van der Waals surface area contributed by atoms with Crippen LogP contribution in [0, 0.1) is 0 Å². The van der Waals surface area contributed by atoms with E-state index < -0.39 is 0 Å². The predicted molar refractivity (Wildman–Crippen MR) is 37.4 cm³/mol. The Morgan fingerprint density at radius 1 is 1.27 bits per heavy atom. The van der Waals surface area contributed by atoms with Gasteiger partial charge in [-0.1, -0.05) is 0 Å². The van der Waals surface area contributed by atoms with Crippen molar-refractivity contribution in [2.45, 2.75) is 0 Å². The average Bonchev–Trinajstić information content (AvgIpc) is 2.58. The highest BCUT2D eigenvalue weighted by Crippen LogP contribution is 2.08. The number of hydrogen-bond donors (Lipinski definition) is 1. The molecule has 0 saturated heterocycles. The van der Waals surface area contributed by atoms with E-state index in [1.165, 1.54) is 6.33 Å². The van der Waals surface area contributed by atoms with Gasteiger partial charge in [0.05, 0.1) is 11.9 Å². The van der Waals surface area contributed by atoms with E-state index in [1.807, 2.05) is 0 Å². The lowest BCUT2D eigenvalue weighted by atomic mass is 10.3. The lowest BCUT2D eigenvalue weighted by Crippen LogP contribution is -1.83. The maximum atomic E-state index is 3.99. The van der Waals surface area contributed by atoms with Gasteiger partial charge in [0.1, 0.15) is 12.0 Å². The summed E-state index contributed by atoms with van der Waals surface area (Å²) in [7, 11) is 0. The molecule has 0 bridgehead atoms. The highest BCUT2D eigenvalue weighted by Gasteiger charge is 1.98. The smallest absolute Gasteiger partial charge is 0.131 e. The zero-order chi connectivity index (χ0) is 7.52. The first-order valence-corrected chi connectivity index (χ1v) is 3.09. The van der Waals surface area contributed by atoms with Crippen molar-refractivity contribution in [1.29, 1.82) is 0 Å².